The van der Waals surface area contributed by atoms with E-state index in [4.69, 9.17) is 16.3 Å². The number of para-hydroxylation sites is 1. The molecule has 0 fully saturated rings. The number of hydrogen-bond donors (Lipinski definition) is 1. The van der Waals surface area contributed by atoms with Crippen molar-refractivity contribution in [2.75, 3.05) is 11.9 Å². The van der Waals surface area contributed by atoms with Crippen molar-refractivity contribution in [3.63, 3.8) is 0 Å². The summed E-state index contributed by atoms with van der Waals surface area (Å²) >= 11 is 7.36. The Labute approximate surface area is 141 Å². The van der Waals surface area contributed by atoms with Crippen LogP contribution in [-0.4, -0.2) is 17.5 Å². The van der Waals surface area contributed by atoms with Crippen molar-refractivity contribution < 1.29 is 9.53 Å². The lowest BCUT2D eigenvalue weighted by Crippen LogP contribution is -2.21. The molecule has 0 atom stereocenters. The summed E-state index contributed by atoms with van der Waals surface area (Å²) < 4.78 is 6.54. The molecule has 0 saturated heterocycles. The SMILES string of the molecule is O=C(Nc1nc2ccc(Cl)cc2s1)C1=Cc2ccccc2OC1. The number of carbonyl (C=O) groups excluding carboxylic acids is 1. The van der Waals surface area contributed by atoms with Crippen LogP contribution in [0, 0.1) is 0 Å². The third-order valence-corrected chi connectivity index (χ3v) is 4.66. The maximum absolute atomic E-state index is 12.4. The van der Waals surface area contributed by atoms with Crippen molar-refractivity contribution in [1.82, 2.24) is 4.98 Å². The third-order valence-electron chi connectivity index (χ3n) is 3.49. The van der Waals surface area contributed by atoms with Crippen molar-refractivity contribution >= 4 is 50.3 Å². The highest BCUT2D eigenvalue weighted by molar-refractivity contribution is 7.22. The molecule has 1 aliphatic heterocycles. The van der Waals surface area contributed by atoms with Crippen molar-refractivity contribution in [2.45, 2.75) is 0 Å². The molecule has 1 aromatic heterocycles. The van der Waals surface area contributed by atoms with Gasteiger partial charge in [0, 0.05) is 10.6 Å². The number of ether oxygens (including phenoxy) is 1. The molecule has 2 heterocycles. The number of rotatable bonds is 2. The van der Waals surface area contributed by atoms with Gasteiger partial charge in [-0.2, -0.15) is 0 Å². The van der Waals surface area contributed by atoms with Gasteiger partial charge in [-0.1, -0.05) is 41.1 Å². The van der Waals surface area contributed by atoms with Crippen LogP contribution in [-0.2, 0) is 4.79 Å². The second-order valence-corrected chi connectivity index (χ2v) is 6.55. The standard InChI is InChI=1S/C17H11ClN2O2S/c18-12-5-6-13-15(8-12)23-17(19-13)20-16(21)11-7-10-3-1-2-4-14(10)22-9-11/h1-8H,9H2,(H,19,20,21). The normalized spacial score (nSPS) is 13.2. The Morgan fingerprint density at radius 1 is 1.26 bits per heavy atom. The van der Waals surface area contributed by atoms with Crippen LogP contribution in [0.5, 0.6) is 5.75 Å². The second kappa shape index (κ2) is 5.68. The van der Waals surface area contributed by atoms with Gasteiger partial charge in [0.2, 0.25) is 0 Å². The molecular formula is C17H11ClN2O2S. The number of hydrogen-bond acceptors (Lipinski definition) is 4. The predicted molar refractivity (Wildman–Crippen MR) is 93.2 cm³/mol. The lowest BCUT2D eigenvalue weighted by Gasteiger charge is -2.16. The fourth-order valence-electron chi connectivity index (χ4n) is 2.38. The maximum Gasteiger partial charge on any atom is 0.256 e. The fourth-order valence-corrected chi connectivity index (χ4v) is 3.51. The van der Waals surface area contributed by atoms with E-state index in [0.29, 0.717) is 15.7 Å². The molecule has 0 saturated carbocycles. The lowest BCUT2D eigenvalue weighted by atomic mass is 10.1. The Morgan fingerprint density at radius 2 is 2.13 bits per heavy atom. The third kappa shape index (κ3) is 2.81. The molecule has 0 radical (unpaired) electrons. The van der Waals surface area contributed by atoms with Gasteiger partial charge in [0.05, 0.1) is 15.8 Å². The minimum atomic E-state index is -0.204. The summed E-state index contributed by atoms with van der Waals surface area (Å²) in [6.45, 7) is 0.250. The van der Waals surface area contributed by atoms with Gasteiger partial charge in [0.15, 0.2) is 5.13 Å². The number of carbonyl (C=O) groups is 1. The summed E-state index contributed by atoms with van der Waals surface area (Å²) in [4.78, 5) is 16.8. The van der Waals surface area contributed by atoms with Gasteiger partial charge in [-0.3, -0.25) is 10.1 Å². The van der Waals surface area contributed by atoms with Crippen LogP contribution in [0.3, 0.4) is 0 Å². The largest absolute Gasteiger partial charge is 0.488 e. The molecule has 0 aliphatic carbocycles. The van der Waals surface area contributed by atoms with E-state index in [1.165, 1.54) is 11.3 Å². The highest BCUT2D eigenvalue weighted by Crippen LogP contribution is 2.30. The summed E-state index contributed by atoms with van der Waals surface area (Å²) in [6.07, 6.45) is 1.85. The van der Waals surface area contributed by atoms with E-state index < -0.39 is 0 Å². The number of amides is 1. The predicted octanol–water partition coefficient (Wildman–Crippen LogP) is 4.36. The van der Waals surface area contributed by atoms with Crippen molar-refractivity contribution in [1.29, 1.82) is 0 Å². The van der Waals surface area contributed by atoms with E-state index in [1.807, 2.05) is 42.5 Å². The van der Waals surface area contributed by atoms with Crippen molar-refractivity contribution in [2.24, 2.45) is 0 Å². The Morgan fingerprint density at radius 3 is 3.04 bits per heavy atom. The molecule has 0 spiro atoms. The zero-order chi connectivity index (χ0) is 15.8. The Balaban J connectivity index is 1.59. The smallest absolute Gasteiger partial charge is 0.256 e. The van der Waals surface area contributed by atoms with Gasteiger partial charge in [0.1, 0.15) is 12.4 Å². The van der Waals surface area contributed by atoms with Gasteiger partial charge in [-0.05, 0) is 30.3 Å². The summed E-state index contributed by atoms with van der Waals surface area (Å²) in [5.41, 5.74) is 2.29. The molecule has 0 unspecified atom stereocenters. The van der Waals surface area contributed by atoms with Gasteiger partial charge >= 0.3 is 0 Å². The number of nitrogens with one attached hydrogen (secondary N) is 1. The molecule has 1 N–H and O–H groups in total. The Bertz CT molecular complexity index is 949. The van der Waals surface area contributed by atoms with Crippen LogP contribution >= 0.6 is 22.9 Å². The summed E-state index contributed by atoms with van der Waals surface area (Å²) in [6, 6.07) is 13.1. The van der Waals surface area contributed by atoms with E-state index >= 15 is 0 Å². The number of aromatic nitrogens is 1. The monoisotopic (exact) mass is 342 g/mol. The lowest BCUT2D eigenvalue weighted by molar-refractivity contribution is -0.113. The first-order chi connectivity index (χ1) is 11.2. The Kier molecular flexibility index (Phi) is 3.52. The first kappa shape index (κ1) is 14.2. The van der Waals surface area contributed by atoms with Crippen molar-refractivity contribution in [3.8, 4) is 5.75 Å². The molecule has 4 rings (SSSR count). The van der Waals surface area contributed by atoms with Crippen LogP contribution in [0.15, 0.2) is 48.0 Å². The van der Waals surface area contributed by atoms with Gasteiger partial charge in [0.25, 0.3) is 5.91 Å². The van der Waals surface area contributed by atoms with Crippen LogP contribution in [0.25, 0.3) is 16.3 Å². The van der Waals surface area contributed by atoms with E-state index in [0.717, 1.165) is 21.5 Å². The molecule has 1 aliphatic rings. The van der Waals surface area contributed by atoms with Crippen LogP contribution in [0.1, 0.15) is 5.56 Å². The molecule has 1 amide bonds. The molecular weight excluding hydrogens is 332 g/mol. The number of thiazole rings is 1. The zero-order valence-electron chi connectivity index (χ0n) is 11.9. The number of benzene rings is 2. The van der Waals surface area contributed by atoms with Gasteiger partial charge < -0.3 is 4.74 Å². The molecule has 3 aromatic rings. The fraction of sp³-hybridized carbons (Fsp3) is 0.0588. The molecule has 0 bridgehead atoms. The van der Waals surface area contributed by atoms with Crippen LogP contribution < -0.4 is 10.1 Å². The number of nitrogens with zero attached hydrogens (tertiary/aromatic N) is 1. The highest BCUT2D eigenvalue weighted by atomic mass is 35.5. The quantitative estimate of drug-likeness (QED) is 0.752. The van der Waals surface area contributed by atoms with E-state index in [2.05, 4.69) is 10.3 Å². The highest BCUT2D eigenvalue weighted by Gasteiger charge is 2.18. The van der Waals surface area contributed by atoms with Gasteiger partial charge in [-0.25, -0.2) is 4.98 Å². The maximum atomic E-state index is 12.4. The van der Waals surface area contributed by atoms with E-state index in [1.54, 1.807) is 6.07 Å². The first-order valence-electron chi connectivity index (χ1n) is 6.99. The van der Waals surface area contributed by atoms with Crippen molar-refractivity contribution in [3.05, 3.63) is 58.6 Å². The van der Waals surface area contributed by atoms with Gasteiger partial charge in [-0.15, -0.1) is 0 Å². The summed E-state index contributed by atoms with van der Waals surface area (Å²) in [5.74, 6) is 0.586. The average Bonchev–Trinajstić information content (AvgIpc) is 2.95. The minimum absolute atomic E-state index is 0.204. The molecule has 114 valence electrons. The number of anilines is 1. The summed E-state index contributed by atoms with van der Waals surface area (Å²) in [5, 5.41) is 4.03. The molecule has 6 heteroatoms. The molecule has 4 nitrogen and oxygen atoms in total. The minimum Gasteiger partial charge on any atom is -0.488 e. The topological polar surface area (TPSA) is 51.2 Å². The van der Waals surface area contributed by atoms with E-state index in [-0.39, 0.29) is 12.5 Å². The number of fused-ring (bicyclic) bond motifs is 2. The Hall–Kier alpha value is -2.37. The zero-order valence-corrected chi connectivity index (χ0v) is 13.4. The first-order valence-corrected chi connectivity index (χ1v) is 8.18. The van der Waals surface area contributed by atoms with Crippen LogP contribution in [0.4, 0.5) is 5.13 Å². The average molecular weight is 343 g/mol. The second-order valence-electron chi connectivity index (χ2n) is 5.08. The number of halogens is 1. The van der Waals surface area contributed by atoms with E-state index in [9.17, 15) is 4.79 Å². The molecule has 23 heavy (non-hydrogen) atoms. The summed E-state index contributed by atoms with van der Waals surface area (Å²) in [7, 11) is 0. The van der Waals surface area contributed by atoms with Crippen LogP contribution in [0.2, 0.25) is 5.02 Å². The molecule has 2 aromatic carbocycles.